The third-order valence-corrected chi connectivity index (χ3v) is 5.89. The summed E-state index contributed by atoms with van der Waals surface area (Å²) in [6.07, 6.45) is 1.88. The van der Waals surface area contributed by atoms with Gasteiger partial charge >= 0.3 is 0 Å². The molecular formula is C27H24N8O3. The summed E-state index contributed by atoms with van der Waals surface area (Å²) in [5.74, 6) is 7.11. The molecule has 5 rings (SSSR count). The summed E-state index contributed by atoms with van der Waals surface area (Å²) in [5.41, 5.74) is 7.87. The molecule has 11 nitrogen and oxygen atoms in total. The average Bonchev–Trinajstić information content (AvgIpc) is 3.36. The lowest BCUT2D eigenvalue weighted by Crippen LogP contribution is -2.29. The lowest BCUT2D eigenvalue weighted by atomic mass is 10.1. The monoisotopic (exact) mass is 508 g/mol. The number of aliphatic hydroxyl groups is 1. The lowest BCUT2D eigenvalue weighted by molar-refractivity contribution is 0.350. The minimum atomic E-state index is -0.475. The third kappa shape index (κ3) is 4.56. The van der Waals surface area contributed by atoms with Crippen LogP contribution in [-0.2, 0) is 0 Å². The zero-order valence-corrected chi connectivity index (χ0v) is 20.7. The molecule has 0 aliphatic rings. The van der Waals surface area contributed by atoms with E-state index in [0.717, 1.165) is 0 Å². The van der Waals surface area contributed by atoms with E-state index in [1.165, 1.54) is 6.33 Å². The Morgan fingerprint density at radius 3 is 2.66 bits per heavy atom. The summed E-state index contributed by atoms with van der Waals surface area (Å²) in [5, 5.41) is 16.8. The maximum atomic E-state index is 14.0. The van der Waals surface area contributed by atoms with E-state index in [1.807, 2.05) is 37.3 Å². The van der Waals surface area contributed by atoms with Crippen molar-refractivity contribution >= 4 is 22.5 Å². The second-order valence-electron chi connectivity index (χ2n) is 8.34. The molecule has 4 N–H and O–H groups in total. The quantitative estimate of drug-likeness (QED) is 0.291. The third-order valence-electron chi connectivity index (χ3n) is 5.89. The van der Waals surface area contributed by atoms with Gasteiger partial charge in [0.1, 0.15) is 36.0 Å². The van der Waals surface area contributed by atoms with Crippen molar-refractivity contribution in [3.63, 3.8) is 0 Å². The van der Waals surface area contributed by atoms with E-state index >= 15 is 0 Å². The Kier molecular flexibility index (Phi) is 6.80. The van der Waals surface area contributed by atoms with Gasteiger partial charge in [-0.05, 0) is 37.6 Å². The van der Waals surface area contributed by atoms with Crippen LogP contribution < -0.4 is 16.6 Å². The average molecular weight is 509 g/mol. The van der Waals surface area contributed by atoms with Gasteiger partial charge in [-0.3, -0.25) is 9.36 Å². The number of aliphatic hydroxyl groups excluding tert-OH is 1. The molecule has 0 radical (unpaired) electrons. The molecule has 0 spiro atoms. The fourth-order valence-corrected chi connectivity index (χ4v) is 4.18. The number of nitrogens with one attached hydrogen (secondary N) is 1. The van der Waals surface area contributed by atoms with Crippen LogP contribution in [0.2, 0.25) is 0 Å². The molecule has 0 aliphatic carbocycles. The van der Waals surface area contributed by atoms with Gasteiger partial charge in [-0.1, -0.05) is 48.2 Å². The molecule has 0 aliphatic heterocycles. The van der Waals surface area contributed by atoms with Crippen LogP contribution in [0.1, 0.15) is 36.6 Å². The number of hydrogen-bond acceptors (Lipinski definition) is 10. The number of aromatic nitrogens is 6. The largest absolute Gasteiger partial charge is 0.384 e. The summed E-state index contributed by atoms with van der Waals surface area (Å²) in [6.45, 7) is 3.35. The summed E-state index contributed by atoms with van der Waals surface area (Å²) in [7, 11) is 0. The highest BCUT2D eigenvalue weighted by Gasteiger charge is 2.25. The molecule has 3 aromatic heterocycles. The predicted octanol–water partition coefficient (Wildman–Crippen LogP) is 3.02. The topological polar surface area (TPSA) is 158 Å². The van der Waals surface area contributed by atoms with Gasteiger partial charge < -0.3 is 20.7 Å². The summed E-state index contributed by atoms with van der Waals surface area (Å²) >= 11 is 0. The molecule has 11 heteroatoms. The van der Waals surface area contributed by atoms with Gasteiger partial charge in [-0.25, -0.2) is 15.0 Å². The summed E-state index contributed by atoms with van der Waals surface area (Å²) < 4.78 is 6.91. The van der Waals surface area contributed by atoms with Crippen molar-refractivity contribution in [2.75, 3.05) is 17.7 Å². The molecule has 5 aromatic rings. The minimum Gasteiger partial charge on any atom is -0.384 e. The number of benzene rings is 2. The van der Waals surface area contributed by atoms with Crippen molar-refractivity contribution in [2.24, 2.45) is 0 Å². The number of nitrogen functional groups attached to an aromatic ring is 1. The highest BCUT2D eigenvalue weighted by molar-refractivity contribution is 5.85. The van der Waals surface area contributed by atoms with Crippen LogP contribution >= 0.6 is 0 Å². The smallest absolute Gasteiger partial charge is 0.267 e. The van der Waals surface area contributed by atoms with Gasteiger partial charge in [0.05, 0.1) is 22.6 Å². The van der Waals surface area contributed by atoms with Crippen molar-refractivity contribution in [2.45, 2.75) is 26.3 Å². The lowest BCUT2D eigenvalue weighted by Gasteiger charge is -2.23. The van der Waals surface area contributed by atoms with Crippen LogP contribution in [-0.4, -0.2) is 41.4 Å². The van der Waals surface area contributed by atoms with Gasteiger partial charge in [0.15, 0.2) is 5.82 Å². The van der Waals surface area contributed by atoms with Gasteiger partial charge in [-0.15, -0.1) is 0 Å². The number of nitrogens with zero attached hydrogens (tertiary/aromatic N) is 6. The van der Waals surface area contributed by atoms with E-state index in [9.17, 15) is 9.90 Å². The molecule has 0 saturated heterocycles. The predicted molar refractivity (Wildman–Crippen MR) is 142 cm³/mol. The first-order valence-electron chi connectivity index (χ1n) is 11.9. The zero-order valence-electron chi connectivity index (χ0n) is 20.7. The van der Waals surface area contributed by atoms with Crippen LogP contribution in [0.5, 0.6) is 0 Å². The second kappa shape index (κ2) is 10.5. The fraction of sp³-hybridized carbons (Fsp3) is 0.185. The molecule has 3 heterocycles. The minimum absolute atomic E-state index is 0.167. The number of hydrogen-bond donors (Lipinski definition) is 3. The number of anilines is 2. The molecule has 2 aromatic carbocycles. The van der Waals surface area contributed by atoms with E-state index in [0.29, 0.717) is 51.6 Å². The van der Waals surface area contributed by atoms with Crippen molar-refractivity contribution in [3.8, 4) is 29.0 Å². The van der Waals surface area contributed by atoms with Crippen LogP contribution in [0.15, 0.2) is 64.2 Å². The van der Waals surface area contributed by atoms with E-state index in [2.05, 4.69) is 37.3 Å². The first-order valence-corrected chi connectivity index (χ1v) is 11.9. The molecule has 1 unspecified atom stereocenters. The molecule has 0 saturated carbocycles. The highest BCUT2D eigenvalue weighted by atomic mass is 16.5. The van der Waals surface area contributed by atoms with E-state index < -0.39 is 6.04 Å². The Hall–Kier alpha value is -5.08. The van der Waals surface area contributed by atoms with E-state index in [1.54, 1.807) is 29.7 Å². The molecular weight excluding hydrogens is 484 g/mol. The molecule has 38 heavy (non-hydrogen) atoms. The van der Waals surface area contributed by atoms with Crippen molar-refractivity contribution in [1.29, 1.82) is 0 Å². The normalized spacial score (nSPS) is 11.7. The first-order chi connectivity index (χ1) is 18.5. The Morgan fingerprint density at radius 2 is 1.95 bits per heavy atom. The van der Waals surface area contributed by atoms with E-state index in [4.69, 9.17) is 15.2 Å². The van der Waals surface area contributed by atoms with Crippen LogP contribution in [0, 0.1) is 18.8 Å². The Morgan fingerprint density at radius 1 is 1.13 bits per heavy atom. The molecule has 0 fully saturated rings. The zero-order chi connectivity index (χ0) is 26.6. The van der Waals surface area contributed by atoms with Crippen molar-refractivity contribution < 1.29 is 9.63 Å². The second-order valence-corrected chi connectivity index (χ2v) is 8.34. The number of aryl methyl sites for hydroxylation is 1. The van der Waals surface area contributed by atoms with Crippen LogP contribution in [0.3, 0.4) is 0 Å². The van der Waals surface area contributed by atoms with Gasteiger partial charge in [0.25, 0.3) is 11.4 Å². The number of rotatable bonds is 6. The SMILES string of the molecule is CCC(Nc1ncnc(N)c1-c1nc(C)no1)c1nc2cccc(C#CCO)c2c(=O)n1-c1ccccc1. The van der Waals surface area contributed by atoms with Gasteiger partial charge in [0, 0.05) is 5.56 Å². The van der Waals surface area contributed by atoms with Crippen molar-refractivity contribution in [1.82, 2.24) is 29.7 Å². The van der Waals surface area contributed by atoms with E-state index in [-0.39, 0.29) is 23.9 Å². The van der Waals surface area contributed by atoms with Crippen LogP contribution in [0.25, 0.3) is 28.0 Å². The fourth-order valence-electron chi connectivity index (χ4n) is 4.18. The van der Waals surface area contributed by atoms with Gasteiger partial charge in [-0.2, -0.15) is 4.98 Å². The standard InChI is InChI=1S/C27H24N8O3/c1-3-19(32-24-22(23(28)29-15-30-24)26-31-16(2)34-38-26)25-33-20-13-7-9-17(10-8-14-36)21(20)27(37)35(25)18-11-5-4-6-12-18/h4-7,9,11-13,15,19,36H,3,14H2,1-2H3,(H3,28,29,30,32). The van der Waals surface area contributed by atoms with Crippen LogP contribution in [0.4, 0.5) is 11.6 Å². The Bertz CT molecular complexity index is 1730. The number of para-hydroxylation sites is 1. The molecule has 1 atom stereocenters. The number of nitrogens with two attached hydrogens (primary N) is 1. The maximum absolute atomic E-state index is 14.0. The number of fused-ring (bicyclic) bond motifs is 1. The molecule has 0 amide bonds. The van der Waals surface area contributed by atoms with Gasteiger partial charge in [0.2, 0.25) is 0 Å². The first kappa shape index (κ1) is 24.6. The molecule has 0 bridgehead atoms. The highest BCUT2D eigenvalue weighted by Crippen LogP contribution is 2.32. The maximum Gasteiger partial charge on any atom is 0.267 e. The molecule has 190 valence electrons. The van der Waals surface area contributed by atoms with Crippen molar-refractivity contribution in [3.05, 3.63) is 82.4 Å². The summed E-state index contributed by atoms with van der Waals surface area (Å²) in [6, 6.07) is 14.1. The Balaban J connectivity index is 1.72. The Labute approximate surface area is 217 Å². The summed E-state index contributed by atoms with van der Waals surface area (Å²) in [4.78, 5) is 31.7.